The summed E-state index contributed by atoms with van der Waals surface area (Å²) in [5, 5.41) is 23.5. The number of hydrogen-bond donors (Lipinski definition) is 1. The third-order valence-corrected chi connectivity index (χ3v) is 5.80. The Labute approximate surface area is 185 Å². The van der Waals surface area contributed by atoms with Crippen LogP contribution in [0.5, 0.6) is 5.75 Å². The van der Waals surface area contributed by atoms with Crippen LogP contribution in [0.2, 0.25) is 0 Å². The second-order valence-electron chi connectivity index (χ2n) is 6.60. The van der Waals surface area contributed by atoms with Crippen LogP contribution in [-0.2, 0) is 10.5 Å². The Balaban J connectivity index is 1.89. The molecule has 1 aromatic heterocycles. The Bertz CT molecular complexity index is 1020. The number of nitriles is 2. The molecular formula is C22H22N6O2S. The van der Waals surface area contributed by atoms with Crippen molar-refractivity contribution in [3.63, 3.8) is 0 Å². The fourth-order valence-corrected chi connectivity index (χ4v) is 4.18. The Morgan fingerprint density at radius 1 is 1.13 bits per heavy atom. The second kappa shape index (κ2) is 11.1. The Kier molecular flexibility index (Phi) is 7.99. The summed E-state index contributed by atoms with van der Waals surface area (Å²) >= 11 is 1.46. The van der Waals surface area contributed by atoms with Crippen LogP contribution in [0.25, 0.3) is 0 Å². The van der Waals surface area contributed by atoms with E-state index in [4.69, 9.17) is 9.47 Å². The van der Waals surface area contributed by atoms with Crippen LogP contribution in [0.1, 0.15) is 17.0 Å². The third-order valence-electron chi connectivity index (χ3n) is 4.68. The molecule has 0 fully saturated rings. The summed E-state index contributed by atoms with van der Waals surface area (Å²) in [6, 6.07) is 12.1. The summed E-state index contributed by atoms with van der Waals surface area (Å²) in [5.74, 6) is 0.745. The minimum absolute atomic E-state index is 0.433. The van der Waals surface area contributed by atoms with Gasteiger partial charge < -0.3 is 14.8 Å². The van der Waals surface area contributed by atoms with Crippen molar-refractivity contribution in [2.45, 2.75) is 11.7 Å². The first-order valence-corrected chi connectivity index (χ1v) is 10.6. The summed E-state index contributed by atoms with van der Waals surface area (Å²) < 4.78 is 10.6. The molecule has 1 aromatic carbocycles. The van der Waals surface area contributed by atoms with Crippen molar-refractivity contribution in [2.24, 2.45) is 10.9 Å². The van der Waals surface area contributed by atoms with E-state index in [1.54, 1.807) is 26.6 Å². The summed E-state index contributed by atoms with van der Waals surface area (Å²) in [7, 11) is 3.34. The quantitative estimate of drug-likeness (QED) is 0.630. The zero-order chi connectivity index (χ0) is 22.1. The van der Waals surface area contributed by atoms with Crippen molar-refractivity contribution in [3.8, 4) is 17.9 Å². The fraction of sp³-hybridized carbons (Fsp3) is 0.318. The number of aliphatic imine (C=N–C) groups is 1. The van der Waals surface area contributed by atoms with Crippen molar-refractivity contribution >= 4 is 16.8 Å². The topological polar surface area (TPSA) is 116 Å². The molecule has 0 bridgehead atoms. The monoisotopic (exact) mass is 434 g/mol. The van der Waals surface area contributed by atoms with E-state index in [0.717, 1.165) is 11.1 Å². The number of aromatic nitrogens is 2. The van der Waals surface area contributed by atoms with Crippen molar-refractivity contribution in [1.29, 1.82) is 10.5 Å². The number of allylic oxidation sites excluding steroid dienone is 1. The molecule has 3 rings (SSSR count). The summed E-state index contributed by atoms with van der Waals surface area (Å²) in [6.45, 7) is 0.946. The maximum Gasteiger partial charge on any atom is 0.141 e. The van der Waals surface area contributed by atoms with Gasteiger partial charge in [0, 0.05) is 38.2 Å². The van der Waals surface area contributed by atoms with E-state index < -0.39 is 11.8 Å². The molecule has 2 atom stereocenters. The van der Waals surface area contributed by atoms with E-state index >= 15 is 0 Å². The summed E-state index contributed by atoms with van der Waals surface area (Å²) in [5.41, 5.74) is 2.22. The van der Waals surface area contributed by atoms with Crippen LogP contribution < -0.4 is 10.1 Å². The van der Waals surface area contributed by atoms with E-state index in [-0.39, 0.29) is 0 Å². The van der Waals surface area contributed by atoms with Gasteiger partial charge in [-0.3, -0.25) is 0 Å². The molecule has 1 aliphatic heterocycles. The lowest BCUT2D eigenvalue weighted by atomic mass is 9.80. The molecule has 0 saturated carbocycles. The molecule has 158 valence electrons. The normalized spacial score (nSPS) is 18.0. The SMILES string of the molecule is CNC1=C(C#N)C(c2ccc(OCCOC)cc2)C(C#N)C(SCc2cncnc2)=N1. The first-order valence-electron chi connectivity index (χ1n) is 9.60. The maximum atomic E-state index is 10.0. The molecule has 9 heteroatoms. The van der Waals surface area contributed by atoms with Crippen LogP contribution >= 0.6 is 11.8 Å². The summed E-state index contributed by atoms with van der Waals surface area (Å²) in [6.07, 6.45) is 4.95. The smallest absolute Gasteiger partial charge is 0.141 e. The maximum absolute atomic E-state index is 10.0. The van der Waals surface area contributed by atoms with E-state index in [0.29, 0.717) is 41.2 Å². The lowest BCUT2D eigenvalue weighted by Crippen LogP contribution is -2.28. The molecule has 1 N–H and O–H groups in total. The number of hydrogen-bond acceptors (Lipinski definition) is 9. The number of thioether (sulfide) groups is 1. The Morgan fingerprint density at radius 3 is 2.48 bits per heavy atom. The molecule has 2 unspecified atom stereocenters. The summed E-state index contributed by atoms with van der Waals surface area (Å²) in [4.78, 5) is 12.6. The van der Waals surface area contributed by atoms with Gasteiger partial charge in [0.25, 0.3) is 0 Å². The van der Waals surface area contributed by atoms with E-state index in [2.05, 4.69) is 32.4 Å². The van der Waals surface area contributed by atoms with Crippen molar-refractivity contribution in [3.05, 3.63) is 65.5 Å². The average molecular weight is 435 g/mol. The van der Waals surface area contributed by atoms with Gasteiger partial charge >= 0.3 is 0 Å². The van der Waals surface area contributed by atoms with Crippen molar-refractivity contribution in [1.82, 2.24) is 15.3 Å². The highest BCUT2D eigenvalue weighted by Gasteiger charge is 2.37. The molecule has 31 heavy (non-hydrogen) atoms. The van der Waals surface area contributed by atoms with Crippen molar-refractivity contribution in [2.75, 3.05) is 27.4 Å². The number of benzene rings is 1. The van der Waals surface area contributed by atoms with Gasteiger partial charge in [0.1, 0.15) is 30.4 Å². The zero-order valence-electron chi connectivity index (χ0n) is 17.3. The number of nitrogens with zero attached hydrogens (tertiary/aromatic N) is 5. The van der Waals surface area contributed by atoms with Crippen LogP contribution in [-0.4, -0.2) is 42.4 Å². The molecule has 0 aliphatic carbocycles. The van der Waals surface area contributed by atoms with Gasteiger partial charge in [0.05, 0.1) is 29.4 Å². The lowest BCUT2D eigenvalue weighted by molar-refractivity contribution is 0.146. The van der Waals surface area contributed by atoms with Gasteiger partial charge in [0.2, 0.25) is 0 Å². The van der Waals surface area contributed by atoms with Crippen LogP contribution in [0.15, 0.2) is 59.4 Å². The van der Waals surface area contributed by atoms with Gasteiger partial charge in [-0.15, -0.1) is 11.8 Å². The molecular weight excluding hydrogens is 412 g/mol. The van der Waals surface area contributed by atoms with Gasteiger partial charge in [-0.1, -0.05) is 12.1 Å². The number of ether oxygens (including phenoxy) is 2. The predicted octanol–water partition coefficient (Wildman–Crippen LogP) is 3.03. The number of rotatable bonds is 8. The highest BCUT2D eigenvalue weighted by atomic mass is 32.2. The van der Waals surface area contributed by atoms with Gasteiger partial charge in [0.15, 0.2) is 0 Å². The predicted molar refractivity (Wildman–Crippen MR) is 118 cm³/mol. The second-order valence-corrected chi connectivity index (χ2v) is 7.60. The van der Waals surface area contributed by atoms with Crippen LogP contribution in [0, 0.1) is 28.6 Å². The minimum Gasteiger partial charge on any atom is -0.491 e. The van der Waals surface area contributed by atoms with E-state index in [1.807, 2.05) is 24.3 Å². The first-order chi connectivity index (χ1) is 15.2. The minimum atomic E-state index is -0.582. The van der Waals surface area contributed by atoms with Crippen LogP contribution in [0.4, 0.5) is 0 Å². The number of nitrogens with one attached hydrogen (secondary N) is 1. The molecule has 0 saturated heterocycles. The van der Waals surface area contributed by atoms with E-state index in [1.165, 1.54) is 18.1 Å². The molecule has 0 radical (unpaired) electrons. The third kappa shape index (κ3) is 5.40. The molecule has 8 nitrogen and oxygen atoms in total. The molecule has 2 aromatic rings. The largest absolute Gasteiger partial charge is 0.491 e. The van der Waals surface area contributed by atoms with Gasteiger partial charge in [-0.05, 0) is 23.3 Å². The highest BCUT2D eigenvalue weighted by molar-refractivity contribution is 8.13. The first kappa shape index (κ1) is 22.3. The highest BCUT2D eigenvalue weighted by Crippen LogP contribution is 2.41. The molecule has 1 aliphatic rings. The van der Waals surface area contributed by atoms with Crippen LogP contribution in [0.3, 0.4) is 0 Å². The van der Waals surface area contributed by atoms with Crippen molar-refractivity contribution < 1.29 is 9.47 Å². The fourth-order valence-electron chi connectivity index (χ4n) is 3.20. The molecule has 0 amide bonds. The Hall–Kier alpha value is -3.40. The van der Waals surface area contributed by atoms with Gasteiger partial charge in [-0.25, -0.2) is 15.0 Å². The number of methoxy groups -OCH3 is 1. The molecule has 0 spiro atoms. The zero-order valence-corrected chi connectivity index (χ0v) is 18.1. The van der Waals surface area contributed by atoms with Gasteiger partial charge in [-0.2, -0.15) is 10.5 Å². The molecule has 2 heterocycles. The van der Waals surface area contributed by atoms with E-state index in [9.17, 15) is 10.5 Å². The standard InChI is InChI=1S/C22H22N6O2S/c1-25-21-18(9-23)20(16-3-5-17(6-4-16)30-8-7-29-2)19(10-24)22(28-21)31-13-15-11-26-14-27-12-15/h3-6,11-12,14,19-20,25H,7-8,13H2,1-2H3. The Morgan fingerprint density at radius 2 is 1.87 bits per heavy atom. The lowest BCUT2D eigenvalue weighted by Gasteiger charge is -2.28. The average Bonchev–Trinajstić information content (AvgIpc) is 2.82.